The molecule has 0 unspecified atom stereocenters. The maximum Gasteiger partial charge on any atom is 0.235 e. The zero-order valence-corrected chi connectivity index (χ0v) is 35.7. The Morgan fingerprint density at radius 2 is 0.727 bits per heavy atom. The smallest absolute Gasteiger partial charge is 0.235 e. The summed E-state index contributed by atoms with van der Waals surface area (Å²) in [4.78, 5) is 11.1. The standard InChI is InChI=1S/C62H38N4/c1-4-19-39(20-5-1)41-23-18-24-42(37-41)54-38-53(40-21-6-2-7-22-40)63-62(64-54)66-55-34-17-16-29-46(55)51-35-36-52-57-50-33-15-14-32-49(50)56-47-30-12-10-27-44(47)45-28-11-13-31-48(45)58(56)61(57)65(60(52)59(51)66)43-25-8-3-9-26-43/h1-38H. The zero-order valence-electron chi connectivity index (χ0n) is 35.7. The van der Waals surface area contributed by atoms with Crippen LogP contribution in [0.15, 0.2) is 231 Å². The number of rotatable bonds is 5. The lowest BCUT2D eigenvalue weighted by molar-refractivity contribution is 0.995. The SMILES string of the molecule is c1ccc(-c2cccc(-c3cc(-c4ccccc4)nc(-n4c5ccccc5c5ccc6c7c8ccccc8c8c9ccccc9c9ccccc9c8c7n(-c7ccccc7)c6c54)n3)c2)cc1. The lowest BCUT2D eigenvalue weighted by Crippen LogP contribution is -2.05. The number of aromatic nitrogens is 4. The summed E-state index contributed by atoms with van der Waals surface area (Å²) in [5.74, 6) is 0.617. The third-order valence-electron chi connectivity index (χ3n) is 13.7. The van der Waals surface area contributed by atoms with Gasteiger partial charge in [-0.1, -0.05) is 200 Å². The van der Waals surface area contributed by atoms with E-state index >= 15 is 0 Å². The lowest BCUT2D eigenvalue weighted by Gasteiger charge is -2.17. The van der Waals surface area contributed by atoms with Gasteiger partial charge >= 0.3 is 0 Å². The van der Waals surface area contributed by atoms with E-state index in [0.717, 1.165) is 66.7 Å². The molecule has 0 amide bonds. The molecule has 66 heavy (non-hydrogen) atoms. The third kappa shape index (κ3) is 5.33. The van der Waals surface area contributed by atoms with E-state index in [1.54, 1.807) is 0 Å². The highest BCUT2D eigenvalue weighted by atomic mass is 15.2. The van der Waals surface area contributed by atoms with Crippen LogP contribution in [0.4, 0.5) is 0 Å². The first-order chi connectivity index (χ1) is 32.8. The molecule has 4 nitrogen and oxygen atoms in total. The minimum atomic E-state index is 0.617. The second-order valence-corrected chi connectivity index (χ2v) is 17.2. The van der Waals surface area contributed by atoms with Crippen molar-refractivity contribution in [2.45, 2.75) is 0 Å². The molecule has 306 valence electrons. The highest BCUT2D eigenvalue weighted by Gasteiger charge is 2.27. The Bertz CT molecular complexity index is 4260. The molecule has 0 aliphatic rings. The fourth-order valence-corrected chi connectivity index (χ4v) is 10.9. The van der Waals surface area contributed by atoms with E-state index in [1.165, 1.54) is 59.4 Å². The molecule has 0 aliphatic heterocycles. The maximum absolute atomic E-state index is 5.59. The minimum absolute atomic E-state index is 0.617. The van der Waals surface area contributed by atoms with Gasteiger partial charge in [0.25, 0.3) is 0 Å². The van der Waals surface area contributed by atoms with Crippen molar-refractivity contribution in [3.05, 3.63) is 231 Å². The van der Waals surface area contributed by atoms with E-state index in [1.807, 2.05) is 0 Å². The van der Waals surface area contributed by atoms with Crippen LogP contribution in [0.25, 0.3) is 132 Å². The fourth-order valence-electron chi connectivity index (χ4n) is 10.9. The van der Waals surface area contributed by atoms with Crippen LogP contribution in [0, 0.1) is 0 Å². The summed E-state index contributed by atoms with van der Waals surface area (Å²) in [5.41, 5.74) is 11.6. The number of fused-ring (bicyclic) bond motifs is 17. The topological polar surface area (TPSA) is 35.6 Å². The van der Waals surface area contributed by atoms with E-state index in [-0.39, 0.29) is 0 Å². The average molecular weight is 839 g/mol. The quantitative estimate of drug-likeness (QED) is 0.162. The van der Waals surface area contributed by atoms with Gasteiger partial charge in [0.2, 0.25) is 5.95 Å². The van der Waals surface area contributed by atoms with Crippen molar-refractivity contribution in [3.63, 3.8) is 0 Å². The van der Waals surface area contributed by atoms with Gasteiger partial charge in [0.1, 0.15) is 0 Å². The number of hydrogen-bond acceptors (Lipinski definition) is 2. The molecule has 0 fully saturated rings. The molecule has 0 N–H and O–H groups in total. The zero-order chi connectivity index (χ0) is 43.3. The van der Waals surface area contributed by atoms with Crippen LogP contribution in [-0.2, 0) is 0 Å². The predicted molar refractivity (Wildman–Crippen MR) is 277 cm³/mol. The van der Waals surface area contributed by atoms with Gasteiger partial charge in [-0.2, -0.15) is 0 Å². The summed E-state index contributed by atoms with van der Waals surface area (Å²) < 4.78 is 4.88. The van der Waals surface area contributed by atoms with Crippen molar-refractivity contribution in [1.82, 2.24) is 19.1 Å². The second kappa shape index (κ2) is 14.3. The van der Waals surface area contributed by atoms with Gasteiger partial charge in [-0.3, -0.25) is 4.57 Å². The van der Waals surface area contributed by atoms with Crippen molar-refractivity contribution in [1.29, 1.82) is 0 Å². The summed E-state index contributed by atoms with van der Waals surface area (Å²) in [5, 5.41) is 14.7. The van der Waals surface area contributed by atoms with Crippen molar-refractivity contribution in [3.8, 4) is 45.3 Å². The normalized spacial score (nSPS) is 11.9. The van der Waals surface area contributed by atoms with Gasteiger partial charge in [-0.05, 0) is 73.8 Å². The molecule has 14 rings (SSSR count). The number of hydrogen-bond donors (Lipinski definition) is 0. The molecule has 3 heterocycles. The molecule has 0 spiro atoms. The Hall–Kier alpha value is -8.86. The van der Waals surface area contributed by atoms with Gasteiger partial charge in [0.05, 0.1) is 33.5 Å². The largest absolute Gasteiger partial charge is 0.306 e. The molecule has 14 aromatic rings. The molecule has 0 atom stereocenters. The first kappa shape index (κ1) is 36.6. The van der Waals surface area contributed by atoms with Gasteiger partial charge in [-0.15, -0.1) is 0 Å². The first-order valence-electron chi connectivity index (χ1n) is 22.6. The van der Waals surface area contributed by atoms with Crippen molar-refractivity contribution >= 4 is 86.7 Å². The number of nitrogens with zero attached hydrogens (tertiary/aromatic N) is 4. The highest BCUT2D eigenvalue weighted by Crippen LogP contribution is 2.50. The van der Waals surface area contributed by atoms with Crippen LogP contribution in [0.2, 0.25) is 0 Å². The van der Waals surface area contributed by atoms with Crippen LogP contribution in [0.1, 0.15) is 0 Å². The molecular weight excluding hydrogens is 801 g/mol. The molecule has 4 heteroatoms. The summed E-state index contributed by atoms with van der Waals surface area (Å²) >= 11 is 0. The Balaban J connectivity index is 1.20. The highest BCUT2D eigenvalue weighted by molar-refractivity contribution is 6.43. The Labute approximate surface area is 379 Å². The fraction of sp³-hybridized carbons (Fsp3) is 0. The molecule has 11 aromatic carbocycles. The first-order valence-corrected chi connectivity index (χ1v) is 22.6. The third-order valence-corrected chi connectivity index (χ3v) is 13.7. The Kier molecular flexibility index (Phi) is 7.95. The van der Waals surface area contributed by atoms with Crippen LogP contribution in [-0.4, -0.2) is 19.1 Å². The van der Waals surface area contributed by atoms with Gasteiger partial charge in [0.15, 0.2) is 0 Å². The molecular formula is C62H38N4. The van der Waals surface area contributed by atoms with Crippen LogP contribution < -0.4 is 0 Å². The monoisotopic (exact) mass is 838 g/mol. The van der Waals surface area contributed by atoms with Gasteiger partial charge in [-0.25, -0.2) is 9.97 Å². The molecule has 0 bridgehead atoms. The van der Waals surface area contributed by atoms with E-state index in [4.69, 9.17) is 9.97 Å². The Morgan fingerprint density at radius 1 is 0.258 bits per heavy atom. The summed E-state index contributed by atoms with van der Waals surface area (Å²) in [7, 11) is 0. The van der Waals surface area contributed by atoms with Crippen LogP contribution in [0.5, 0.6) is 0 Å². The number of benzene rings is 11. The van der Waals surface area contributed by atoms with Gasteiger partial charge in [0, 0.05) is 49.1 Å². The lowest BCUT2D eigenvalue weighted by atomic mass is 9.89. The van der Waals surface area contributed by atoms with Crippen LogP contribution >= 0.6 is 0 Å². The Morgan fingerprint density at radius 3 is 1.41 bits per heavy atom. The maximum atomic E-state index is 5.59. The van der Waals surface area contributed by atoms with E-state index < -0.39 is 0 Å². The minimum Gasteiger partial charge on any atom is -0.306 e. The van der Waals surface area contributed by atoms with Crippen molar-refractivity contribution in [2.75, 3.05) is 0 Å². The summed E-state index contributed by atoms with van der Waals surface area (Å²) in [6.45, 7) is 0. The molecule has 0 saturated carbocycles. The average Bonchev–Trinajstić information content (AvgIpc) is 3.93. The van der Waals surface area contributed by atoms with Crippen molar-refractivity contribution in [2.24, 2.45) is 0 Å². The summed E-state index contributed by atoms with van der Waals surface area (Å²) in [6, 6.07) is 83.1. The van der Waals surface area contributed by atoms with Crippen LogP contribution in [0.3, 0.4) is 0 Å². The van der Waals surface area contributed by atoms with E-state index in [9.17, 15) is 0 Å². The molecule has 3 aromatic heterocycles. The van der Waals surface area contributed by atoms with E-state index in [2.05, 4.69) is 240 Å². The molecule has 0 radical (unpaired) electrons. The second-order valence-electron chi connectivity index (χ2n) is 17.2. The number of para-hydroxylation sites is 2. The molecule has 0 saturated heterocycles. The predicted octanol–water partition coefficient (Wildman–Crippen LogP) is 16.3. The molecule has 0 aliphatic carbocycles. The van der Waals surface area contributed by atoms with E-state index in [0.29, 0.717) is 5.95 Å². The van der Waals surface area contributed by atoms with Gasteiger partial charge < -0.3 is 4.57 Å². The van der Waals surface area contributed by atoms with Crippen molar-refractivity contribution < 1.29 is 0 Å². The summed E-state index contributed by atoms with van der Waals surface area (Å²) in [6.07, 6.45) is 0.